The fourth-order valence-corrected chi connectivity index (χ4v) is 3.19. The normalized spacial score (nSPS) is 16.4. The van der Waals surface area contributed by atoms with Crippen molar-refractivity contribution in [3.63, 3.8) is 0 Å². The summed E-state index contributed by atoms with van der Waals surface area (Å²) in [5, 5.41) is 9.02. The lowest BCUT2D eigenvalue weighted by atomic mass is 10.1. The average molecular weight is 325 g/mol. The Hall–Kier alpha value is -2.53. The molecule has 3 rings (SSSR count). The zero-order chi connectivity index (χ0) is 16.4. The van der Waals surface area contributed by atoms with E-state index < -0.39 is 0 Å². The number of phenols is 1. The van der Waals surface area contributed by atoms with Gasteiger partial charge in [-0.1, -0.05) is 42.0 Å². The van der Waals surface area contributed by atoms with Crippen molar-refractivity contribution in [3.05, 3.63) is 70.1 Å². The van der Waals surface area contributed by atoms with Gasteiger partial charge in [0, 0.05) is 0 Å². The largest absolute Gasteiger partial charge is 0.508 e. The second-order valence-electron chi connectivity index (χ2n) is 5.35. The summed E-state index contributed by atoms with van der Waals surface area (Å²) in [6.07, 6.45) is 1.67. The number of carbonyl (C=O) groups excluding carboxylic acids is 2. The van der Waals surface area contributed by atoms with Gasteiger partial charge in [0.2, 0.25) is 0 Å². The number of imide groups is 1. The molecule has 0 aromatic heterocycles. The van der Waals surface area contributed by atoms with Crippen LogP contribution in [0.4, 0.5) is 4.79 Å². The molecule has 1 fully saturated rings. The third-order valence-corrected chi connectivity index (χ3v) is 4.40. The van der Waals surface area contributed by atoms with E-state index in [0.717, 1.165) is 28.5 Å². The molecule has 1 aliphatic heterocycles. The number of phenolic OH excluding ortho intramolecular Hbond substituents is 1. The highest BCUT2D eigenvalue weighted by Crippen LogP contribution is 2.33. The predicted molar refractivity (Wildman–Crippen MR) is 90.8 cm³/mol. The molecule has 0 radical (unpaired) electrons. The van der Waals surface area contributed by atoms with Gasteiger partial charge in [0.05, 0.1) is 11.4 Å². The molecule has 0 spiro atoms. The van der Waals surface area contributed by atoms with E-state index >= 15 is 0 Å². The lowest BCUT2D eigenvalue weighted by molar-refractivity contribution is -0.123. The Bertz CT molecular complexity index is 796. The smallest absolute Gasteiger partial charge is 0.293 e. The summed E-state index contributed by atoms with van der Waals surface area (Å²) in [6, 6.07) is 14.2. The van der Waals surface area contributed by atoms with E-state index in [2.05, 4.69) is 0 Å². The van der Waals surface area contributed by atoms with Crippen molar-refractivity contribution in [3.8, 4) is 5.75 Å². The molecule has 2 aromatic rings. The number of hydrogen-bond acceptors (Lipinski definition) is 4. The number of hydrogen-bond donors (Lipinski definition) is 1. The molecular formula is C18H15NO3S. The number of rotatable bonds is 3. The molecule has 1 aliphatic rings. The highest BCUT2D eigenvalue weighted by molar-refractivity contribution is 8.18. The van der Waals surface area contributed by atoms with E-state index in [1.165, 1.54) is 4.90 Å². The van der Waals surface area contributed by atoms with Gasteiger partial charge in [-0.25, -0.2) is 0 Å². The minimum atomic E-state index is -0.283. The van der Waals surface area contributed by atoms with Crippen LogP contribution in [0.5, 0.6) is 5.75 Å². The summed E-state index contributed by atoms with van der Waals surface area (Å²) in [7, 11) is 0. The Balaban J connectivity index is 1.81. The molecule has 0 bridgehead atoms. The Morgan fingerprint density at radius 1 is 1.13 bits per heavy atom. The van der Waals surface area contributed by atoms with Crippen LogP contribution in [-0.4, -0.2) is 21.2 Å². The maximum atomic E-state index is 12.4. The van der Waals surface area contributed by atoms with Crippen LogP contribution in [0.2, 0.25) is 0 Å². The van der Waals surface area contributed by atoms with Gasteiger partial charge in [-0.3, -0.25) is 14.5 Å². The first-order chi connectivity index (χ1) is 11.0. The van der Waals surface area contributed by atoms with E-state index in [0.29, 0.717) is 4.91 Å². The first-order valence-electron chi connectivity index (χ1n) is 7.13. The number of aromatic hydroxyl groups is 1. The third-order valence-electron chi connectivity index (χ3n) is 3.49. The van der Waals surface area contributed by atoms with Crippen molar-refractivity contribution in [2.75, 3.05) is 0 Å². The summed E-state index contributed by atoms with van der Waals surface area (Å²) in [6.45, 7) is 2.25. The fourth-order valence-electron chi connectivity index (χ4n) is 2.35. The third kappa shape index (κ3) is 3.46. The summed E-state index contributed by atoms with van der Waals surface area (Å²) in [5.41, 5.74) is 2.79. The van der Waals surface area contributed by atoms with Gasteiger partial charge >= 0.3 is 0 Å². The molecule has 2 aromatic carbocycles. The minimum Gasteiger partial charge on any atom is -0.508 e. The minimum absolute atomic E-state index is 0.162. The number of aryl methyl sites for hydroxylation is 1. The number of carbonyl (C=O) groups is 2. The van der Waals surface area contributed by atoms with E-state index in [-0.39, 0.29) is 23.4 Å². The van der Waals surface area contributed by atoms with Crippen LogP contribution in [0.1, 0.15) is 16.7 Å². The van der Waals surface area contributed by atoms with E-state index in [1.807, 2.05) is 31.2 Å². The Kier molecular flexibility index (Phi) is 4.21. The first kappa shape index (κ1) is 15.4. The van der Waals surface area contributed by atoms with Crippen molar-refractivity contribution in [2.24, 2.45) is 0 Å². The van der Waals surface area contributed by atoms with E-state index in [9.17, 15) is 14.7 Å². The number of nitrogens with zero attached hydrogens (tertiary/aromatic N) is 1. The van der Waals surface area contributed by atoms with Gasteiger partial charge in [-0.05, 0) is 48.0 Å². The lowest BCUT2D eigenvalue weighted by Gasteiger charge is -2.12. The molecule has 116 valence electrons. The molecule has 0 unspecified atom stereocenters. The van der Waals surface area contributed by atoms with Crippen molar-refractivity contribution < 1.29 is 14.7 Å². The van der Waals surface area contributed by atoms with Gasteiger partial charge < -0.3 is 5.11 Å². The summed E-state index contributed by atoms with van der Waals surface area (Å²) >= 11 is 0.940. The maximum Gasteiger partial charge on any atom is 0.293 e. The number of thioether (sulfide) groups is 1. The van der Waals surface area contributed by atoms with Crippen LogP contribution in [-0.2, 0) is 11.3 Å². The second kappa shape index (κ2) is 6.30. The summed E-state index contributed by atoms with van der Waals surface area (Å²) in [4.78, 5) is 26.2. The standard InChI is InChI=1S/C18H15NO3S/c1-12-3-2-4-14(9-12)11-19-17(21)16(23-18(19)22)10-13-5-7-15(20)8-6-13/h2-10,20H,11H2,1H3/b16-10-. The van der Waals surface area contributed by atoms with Crippen LogP contribution >= 0.6 is 11.8 Å². The zero-order valence-electron chi connectivity index (χ0n) is 12.5. The van der Waals surface area contributed by atoms with Crippen molar-refractivity contribution >= 4 is 29.0 Å². The Labute approximate surface area is 138 Å². The summed E-state index contributed by atoms with van der Waals surface area (Å²) in [5.74, 6) is -0.121. The molecule has 4 nitrogen and oxygen atoms in total. The fraction of sp³-hybridized carbons (Fsp3) is 0.111. The highest BCUT2D eigenvalue weighted by atomic mass is 32.2. The molecule has 0 saturated carbocycles. The van der Waals surface area contributed by atoms with Crippen LogP contribution in [0, 0.1) is 6.92 Å². The van der Waals surface area contributed by atoms with Crippen molar-refractivity contribution in [1.29, 1.82) is 0 Å². The molecule has 0 aliphatic carbocycles. The molecule has 1 heterocycles. The van der Waals surface area contributed by atoms with Crippen LogP contribution in [0.3, 0.4) is 0 Å². The van der Waals surface area contributed by atoms with E-state index in [1.54, 1.807) is 30.3 Å². The van der Waals surface area contributed by atoms with Crippen molar-refractivity contribution in [1.82, 2.24) is 4.90 Å². The highest BCUT2D eigenvalue weighted by Gasteiger charge is 2.34. The van der Waals surface area contributed by atoms with Crippen molar-refractivity contribution in [2.45, 2.75) is 13.5 Å². The van der Waals surface area contributed by atoms with E-state index in [4.69, 9.17) is 0 Å². The van der Waals surface area contributed by atoms with Gasteiger partial charge in [0.15, 0.2) is 0 Å². The number of benzene rings is 2. The zero-order valence-corrected chi connectivity index (χ0v) is 13.3. The Morgan fingerprint density at radius 2 is 1.87 bits per heavy atom. The predicted octanol–water partition coefficient (Wildman–Crippen LogP) is 3.94. The van der Waals surface area contributed by atoms with Crippen LogP contribution in [0.25, 0.3) is 6.08 Å². The monoisotopic (exact) mass is 325 g/mol. The van der Waals surface area contributed by atoms with Gasteiger partial charge in [-0.15, -0.1) is 0 Å². The van der Waals surface area contributed by atoms with Gasteiger partial charge in [0.25, 0.3) is 11.1 Å². The van der Waals surface area contributed by atoms with Crippen LogP contribution < -0.4 is 0 Å². The average Bonchev–Trinajstić information content (AvgIpc) is 2.77. The first-order valence-corrected chi connectivity index (χ1v) is 7.94. The SMILES string of the molecule is Cc1cccc(CN2C(=O)S/C(=C\c3ccc(O)cc3)C2=O)c1. The molecule has 23 heavy (non-hydrogen) atoms. The molecule has 5 heteroatoms. The maximum absolute atomic E-state index is 12.4. The Morgan fingerprint density at radius 3 is 2.57 bits per heavy atom. The van der Waals surface area contributed by atoms with Gasteiger partial charge in [-0.2, -0.15) is 0 Å². The van der Waals surface area contributed by atoms with Crippen LogP contribution in [0.15, 0.2) is 53.4 Å². The molecular weight excluding hydrogens is 310 g/mol. The molecule has 1 saturated heterocycles. The quantitative estimate of drug-likeness (QED) is 0.869. The topological polar surface area (TPSA) is 57.6 Å². The molecule has 2 amide bonds. The molecule has 1 N–H and O–H groups in total. The molecule has 0 atom stereocenters. The number of amides is 2. The van der Waals surface area contributed by atoms with Gasteiger partial charge in [0.1, 0.15) is 5.75 Å². The summed E-state index contributed by atoms with van der Waals surface area (Å²) < 4.78 is 0. The lowest BCUT2D eigenvalue weighted by Crippen LogP contribution is -2.27. The second-order valence-corrected chi connectivity index (χ2v) is 6.34.